The van der Waals surface area contributed by atoms with E-state index in [9.17, 15) is 14.0 Å². The molecule has 0 saturated heterocycles. The van der Waals surface area contributed by atoms with Crippen LogP contribution in [-0.2, 0) is 19.1 Å². The van der Waals surface area contributed by atoms with Gasteiger partial charge >= 0.3 is 5.97 Å². The molecule has 0 bridgehead atoms. The molecule has 0 radical (unpaired) electrons. The predicted molar refractivity (Wildman–Crippen MR) is 86.9 cm³/mol. The number of carbonyl (C=O) groups excluding carboxylic acids is 2. The molecule has 0 aromatic heterocycles. The Kier molecular flexibility index (Phi) is 5.68. The van der Waals surface area contributed by atoms with Gasteiger partial charge in [-0.3, -0.25) is 9.59 Å². The second kappa shape index (κ2) is 7.72. The molecule has 1 amide bonds. The van der Waals surface area contributed by atoms with E-state index in [4.69, 9.17) is 4.74 Å². The number of allylic oxidation sites excluding steroid dienone is 1. The van der Waals surface area contributed by atoms with Crippen LogP contribution in [0.2, 0.25) is 0 Å². The summed E-state index contributed by atoms with van der Waals surface area (Å²) in [5, 5.41) is 5.37. The molecule has 0 unspecified atom stereocenters. The van der Waals surface area contributed by atoms with Crippen molar-refractivity contribution in [2.45, 2.75) is 26.7 Å². The number of hydrogen-bond acceptors (Lipinski definition) is 5. The van der Waals surface area contributed by atoms with Gasteiger partial charge in [0.25, 0.3) is 5.91 Å². The number of ether oxygens (including phenoxy) is 2. The number of esters is 1. The van der Waals surface area contributed by atoms with E-state index in [1.165, 1.54) is 31.4 Å². The third-order valence-electron chi connectivity index (χ3n) is 3.44. The number of halogens is 1. The summed E-state index contributed by atoms with van der Waals surface area (Å²) in [5.41, 5.74) is 0.946. The molecule has 1 aromatic rings. The average molecular weight is 334 g/mol. The van der Waals surface area contributed by atoms with Crippen molar-refractivity contribution in [3.05, 3.63) is 41.4 Å². The first kappa shape index (κ1) is 17.7. The molecule has 0 spiro atoms. The fourth-order valence-corrected chi connectivity index (χ4v) is 2.34. The van der Waals surface area contributed by atoms with Gasteiger partial charge in [-0.1, -0.05) is 6.92 Å². The van der Waals surface area contributed by atoms with E-state index in [0.29, 0.717) is 24.5 Å². The molecule has 0 atom stereocenters. The Balaban J connectivity index is 2.46. The monoisotopic (exact) mass is 334 g/mol. The van der Waals surface area contributed by atoms with Crippen LogP contribution in [0.3, 0.4) is 0 Å². The van der Waals surface area contributed by atoms with Crippen LogP contribution in [0.4, 0.5) is 10.1 Å². The van der Waals surface area contributed by atoms with Crippen LogP contribution in [0.5, 0.6) is 0 Å². The Morgan fingerprint density at radius 2 is 1.92 bits per heavy atom. The van der Waals surface area contributed by atoms with Crippen LogP contribution >= 0.6 is 0 Å². The molecule has 0 fully saturated rings. The summed E-state index contributed by atoms with van der Waals surface area (Å²) >= 11 is 0. The van der Waals surface area contributed by atoms with E-state index in [-0.39, 0.29) is 17.7 Å². The SMILES string of the molecule is CCO/C(CC)=C1\C(=O)N(c2ccc(F)cc2)N=C1CC(=O)OC. The molecule has 1 aliphatic rings. The lowest BCUT2D eigenvalue weighted by molar-refractivity contribution is -0.139. The Labute approximate surface area is 139 Å². The van der Waals surface area contributed by atoms with E-state index in [0.717, 1.165) is 5.01 Å². The fraction of sp³-hybridized carbons (Fsp3) is 0.353. The summed E-state index contributed by atoms with van der Waals surface area (Å²) < 4.78 is 23.3. The molecule has 128 valence electrons. The molecule has 24 heavy (non-hydrogen) atoms. The van der Waals surface area contributed by atoms with Crippen LogP contribution in [0.25, 0.3) is 0 Å². The molecule has 2 rings (SSSR count). The van der Waals surface area contributed by atoms with Gasteiger partial charge in [-0.05, 0) is 31.2 Å². The zero-order chi connectivity index (χ0) is 17.7. The first-order valence-electron chi connectivity index (χ1n) is 7.62. The molecular weight excluding hydrogens is 315 g/mol. The van der Waals surface area contributed by atoms with Crippen LogP contribution in [0.1, 0.15) is 26.7 Å². The molecule has 0 N–H and O–H groups in total. The number of nitrogens with zero attached hydrogens (tertiary/aromatic N) is 2. The Morgan fingerprint density at radius 1 is 1.25 bits per heavy atom. The van der Waals surface area contributed by atoms with E-state index >= 15 is 0 Å². The van der Waals surface area contributed by atoms with Crippen molar-refractivity contribution in [2.24, 2.45) is 5.10 Å². The summed E-state index contributed by atoms with van der Waals surface area (Å²) in [7, 11) is 1.27. The van der Waals surface area contributed by atoms with Crippen LogP contribution < -0.4 is 5.01 Å². The van der Waals surface area contributed by atoms with Crippen LogP contribution in [-0.4, -0.2) is 31.3 Å². The van der Waals surface area contributed by atoms with Crippen LogP contribution in [0.15, 0.2) is 40.7 Å². The second-order valence-electron chi connectivity index (χ2n) is 4.98. The zero-order valence-corrected chi connectivity index (χ0v) is 13.8. The van der Waals surface area contributed by atoms with Gasteiger partial charge in [0.15, 0.2) is 0 Å². The molecule has 1 aromatic carbocycles. The Bertz CT molecular complexity index is 695. The van der Waals surface area contributed by atoms with Gasteiger partial charge in [-0.15, -0.1) is 0 Å². The summed E-state index contributed by atoms with van der Waals surface area (Å²) in [4.78, 5) is 24.4. The lowest BCUT2D eigenvalue weighted by Gasteiger charge is -2.13. The highest BCUT2D eigenvalue weighted by Crippen LogP contribution is 2.28. The van der Waals surface area contributed by atoms with Gasteiger partial charge in [-0.2, -0.15) is 10.1 Å². The van der Waals surface area contributed by atoms with E-state index in [1.807, 2.05) is 13.8 Å². The minimum Gasteiger partial charge on any atom is -0.497 e. The van der Waals surface area contributed by atoms with Crippen molar-refractivity contribution in [2.75, 3.05) is 18.7 Å². The van der Waals surface area contributed by atoms with Gasteiger partial charge in [0, 0.05) is 6.42 Å². The maximum Gasteiger partial charge on any atom is 0.311 e. The van der Waals surface area contributed by atoms with Crippen molar-refractivity contribution in [3.63, 3.8) is 0 Å². The number of hydrazone groups is 1. The van der Waals surface area contributed by atoms with Crippen molar-refractivity contribution < 1.29 is 23.5 Å². The third-order valence-corrected chi connectivity index (χ3v) is 3.44. The lowest BCUT2D eigenvalue weighted by Crippen LogP contribution is -2.23. The highest BCUT2D eigenvalue weighted by molar-refractivity contribution is 6.33. The summed E-state index contributed by atoms with van der Waals surface area (Å²) in [6.07, 6.45) is 0.332. The minimum absolute atomic E-state index is 0.147. The number of benzene rings is 1. The van der Waals surface area contributed by atoms with Crippen molar-refractivity contribution >= 4 is 23.3 Å². The number of carbonyl (C=O) groups is 2. The molecule has 1 heterocycles. The highest BCUT2D eigenvalue weighted by Gasteiger charge is 2.35. The number of hydrogen-bond donors (Lipinski definition) is 0. The normalized spacial score (nSPS) is 16.1. The number of amides is 1. The first-order valence-corrected chi connectivity index (χ1v) is 7.62. The maximum atomic E-state index is 13.1. The molecule has 1 aliphatic heterocycles. The van der Waals surface area contributed by atoms with Gasteiger partial charge in [-0.25, -0.2) is 4.39 Å². The van der Waals surface area contributed by atoms with Gasteiger partial charge in [0.2, 0.25) is 0 Å². The summed E-state index contributed by atoms with van der Waals surface area (Å²) in [6, 6.07) is 5.37. The quantitative estimate of drug-likeness (QED) is 0.456. The highest BCUT2D eigenvalue weighted by atomic mass is 19.1. The minimum atomic E-state index is -0.507. The Hall–Kier alpha value is -2.70. The summed E-state index contributed by atoms with van der Waals surface area (Å²) in [6.45, 7) is 4.05. The predicted octanol–water partition coefficient (Wildman–Crippen LogP) is 2.79. The third kappa shape index (κ3) is 3.61. The smallest absolute Gasteiger partial charge is 0.311 e. The average Bonchev–Trinajstić information content (AvgIpc) is 2.89. The van der Waals surface area contributed by atoms with E-state index in [2.05, 4.69) is 9.84 Å². The topological polar surface area (TPSA) is 68.2 Å². The van der Waals surface area contributed by atoms with Crippen LogP contribution in [0, 0.1) is 5.82 Å². The number of methoxy groups -OCH3 is 1. The Morgan fingerprint density at radius 3 is 2.46 bits per heavy atom. The molecular formula is C17H19FN2O4. The number of anilines is 1. The van der Waals surface area contributed by atoms with E-state index < -0.39 is 17.7 Å². The summed E-state index contributed by atoms with van der Waals surface area (Å²) in [5.74, 6) is -0.865. The lowest BCUT2D eigenvalue weighted by atomic mass is 10.1. The van der Waals surface area contributed by atoms with Gasteiger partial charge in [0.1, 0.15) is 17.1 Å². The number of rotatable bonds is 6. The largest absolute Gasteiger partial charge is 0.497 e. The molecule has 7 heteroatoms. The van der Waals surface area contributed by atoms with Crippen molar-refractivity contribution in [1.82, 2.24) is 0 Å². The van der Waals surface area contributed by atoms with E-state index in [1.54, 1.807) is 0 Å². The molecule has 0 aliphatic carbocycles. The second-order valence-corrected chi connectivity index (χ2v) is 4.98. The zero-order valence-electron chi connectivity index (χ0n) is 13.8. The standard InChI is InChI=1S/C17H19FN2O4/c1-4-14(24-5-2)16-13(10-15(21)23-3)19-20(17(16)22)12-8-6-11(18)7-9-12/h6-9H,4-5,10H2,1-3H3/b16-14-. The van der Waals surface area contributed by atoms with Crippen molar-refractivity contribution in [1.29, 1.82) is 0 Å². The molecule has 0 saturated carbocycles. The maximum absolute atomic E-state index is 13.1. The first-order chi connectivity index (χ1) is 11.5. The van der Waals surface area contributed by atoms with Gasteiger partial charge < -0.3 is 9.47 Å². The molecule has 6 nitrogen and oxygen atoms in total. The van der Waals surface area contributed by atoms with Gasteiger partial charge in [0.05, 0.1) is 31.5 Å². The fourth-order valence-electron chi connectivity index (χ4n) is 2.34. The van der Waals surface area contributed by atoms with Crippen molar-refractivity contribution in [3.8, 4) is 0 Å².